The van der Waals surface area contributed by atoms with Crippen molar-refractivity contribution in [3.05, 3.63) is 121 Å². The molecule has 0 aromatic heterocycles. The number of hydrogen-bond donors (Lipinski definition) is 0. The van der Waals surface area contributed by atoms with E-state index in [1.165, 1.54) is 0 Å². The number of nitrogens with zero attached hydrogens (tertiary/aromatic N) is 2. The Balaban J connectivity index is 0.00000368. The highest BCUT2D eigenvalue weighted by molar-refractivity contribution is 5.85. The lowest BCUT2D eigenvalue weighted by atomic mass is 10.3. The van der Waals surface area contributed by atoms with Gasteiger partial charge in [-0.25, -0.2) is 0 Å². The molecule has 46 heavy (non-hydrogen) atoms. The van der Waals surface area contributed by atoms with Gasteiger partial charge >= 0.3 is 0 Å². The highest BCUT2D eigenvalue weighted by atomic mass is 35.5. The summed E-state index contributed by atoms with van der Waals surface area (Å²) < 4.78 is 23.9. The third-order valence-corrected chi connectivity index (χ3v) is 7.25. The highest BCUT2D eigenvalue weighted by Crippen LogP contribution is 2.12. The molecule has 0 aliphatic heterocycles. The SMILES string of the molecule is Cl.Cl.c1ccc(OCCCN(CCCOc2ccccc2)CCN(CCCOc2ccccc2)CCCOc2ccccc2)cc1. The Hall–Kier alpha value is -3.42. The fraction of sp³-hybridized carbons (Fsp3) is 0.368. The molecule has 0 unspecified atom stereocenters. The average molecular weight is 670 g/mol. The number of halogens is 2. The molecule has 4 aromatic carbocycles. The molecule has 0 heterocycles. The second-order valence-corrected chi connectivity index (χ2v) is 10.7. The Bertz CT molecular complexity index is 1050. The zero-order chi connectivity index (χ0) is 30.3. The molecule has 8 heteroatoms. The van der Waals surface area contributed by atoms with Gasteiger partial charge in [0.25, 0.3) is 0 Å². The molecule has 0 saturated heterocycles. The summed E-state index contributed by atoms with van der Waals surface area (Å²) in [6.07, 6.45) is 3.91. The smallest absolute Gasteiger partial charge is 0.119 e. The lowest BCUT2D eigenvalue weighted by Crippen LogP contribution is -2.38. The van der Waals surface area contributed by atoms with Crippen molar-refractivity contribution in [3.8, 4) is 23.0 Å². The molecule has 0 atom stereocenters. The van der Waals surface area contributed by atoms with Gasteiger partial charge < -0.3 is 28.7 Å². The van der Waals surface area contributed by atoms with Gasteiger partial charge in [0.2, 0.25) is 0 Å². The van der Waals surface area contributed by atoms with Crippen LogP contribution in [0, 0.1) is 0 Å². The maximum Gasteiger partial charge on any atom is 0.119 e. The Labute approximate surface area is 288 Å². The summed E-state index contributed by atoms with van der Waals surface area (Å²) in [5, 5.41) is 0. The first kappa shape index (κ1) is 38.8. The van der Waals surface area contributed by atoms with Crippen LogP contribution >= 0.6 is 24.8 Å². The van der Waals surface area contributed by atoms with Gasteiger partial charge in [-0.2, -0.15) is 0 Å². The molecule has 0 radical (unpaired) electrons. The minimum Gasteiger partial charge on any atom is -0.494 e. The average Bonchev–Trinajstić information content (AvgIpc) is 3.08. The van der Waals surface area contributed by atoms with Crippen molar-refractivity contribution in [1.82, 2.24) is 9.80 Å². The molecule has 0 saturated carbocycles. The Morgan fingerprint density at radius 1 is 0.304 bits per heavy atom. The van der Waals surface area contributed by atoms with Gasteiger partial charge in [-0.3, -0.25) is 0 Å². The largest absolute Gasteiger partial charge is 0.494 e. The van der Waals surface area contributed by atoms with Gasteiger partial charge in [0.15, 0.2) is 0 Å². The molecule has 0 bridgehead atoms. The molecule has 0 aliphatic rings. The van der Waals surface area contributed by atoms with Crippen molar-refractivity contribution in [2.24, 2.45) is 0 Å². The second-order valence-electron chi connectivity index (χ2n) is 10.7. The Morgan fingerprint density at radius 3 is 0.739 bits per heavy atom. The molecule has 4 rings (SSSR count). The van der Waals surface area contributed by atoms with E-state index in [0.29, 0.717) is 26.4 Å². The maximum atomic E-state index is 5.98. The van der Waals surface area contributed by atoms with Crippen molar-refractivity contribution in [2.75, 3.05) is 65.7 Å². The number of ether oxygens (including phenoxy) is 4. The molecule has 0 spiro atoms. The van der Waals surface area contributed by atoms with Gasteiger partial charge in [0, 0.05) is 39.3 Å². The van der Waals surface area contributed by atoms with Crippen LogP contribution < -0.4 is 18.9 Å². The minimum atomic E-state index is 0. The van der Waals surface area contributed by atoms with E-state index in [1.807, 2.05) is 121 Å². The van der Waals surface area contributed by atoms with E-state index in [4.69, 9.17) is 18.9 Å². The third-order valence-electron chi connectivity index (χ3n) is 7.25. The zero-order valence-corrected chi connectivity index (χ0v) is 28.4. The van der Waals surface area contributed by atoms with Crippen molar-refractivity contribution >= 4 is 24.8 Å². The molecular formula is C38H50Cl2N2O4. The summed E-state index contributed by atoms with van der Waals surface area (Å²) in [7, 11) is 0. The minimum absolute atomic E-state index is 0. The van der Waals surface area contributed by atoms with E-state index >= 15 is 0 Å². The van der Waals surface area contributed by atoms with Crippen LogP contribution in [0.15, 0.2) is 121 Å². The van der Waals surface area contributed by atoms with E-state index < -0.39 is 0 Å². The number of hydrogen-bond acceptors (Lipinski definition) is 6. The van der Waals surface area contributed by atoms with E-state index in [9.17, 15) is 0 Å². The van der Waals surface area contributed by atoms with E-state index in [2.05, 4.69) is 9.80 Å². The fourth-order valence-corrected chi connectivity index (χ4v) is 4.93. The van der Waals surface area contributed by atoms with Crippen LogP contribution in [0.1, 0.15) is 25.7 Å². The fourth-order valence-electron chi connectivity index (χ4n) is 4.93. The molecule has 6 nitrogen and oxygen atoms in total. The molecule has 0 aliphatic carbocycles. The summed E-state index contributed by atoms with van der Waals surface area (Å²) in [6.45, 7) is 8.76. The monoisotopic (exact) mass is 668 g/mol. The van der Waals surface area contributed by atoms with Gasteiger partial charge in [-0.05, 0) is 74.2 Å². The first-order chi connectivity index (χ1) is 21.8. The topological polar surface area (TPSA) is 43.4 Å². The maximum absolute atomic E-state index is 5.98. The molecule has 4 aromatic rings. The molecule has 0 fully saturated rings. The van der Waals surface area contributed by atoms with Crippen LogP contribution in [0.25, 0.3) is 0 Å². The predicted octanol–water partition coefficient (Wildman–Crippen LogP) is 8.31. The lowest BCUT2D eigenvalue weighted by Gasteiger charge is -2.28. The van der Waals surface area contributed by atoms with Crippen LogP contribution in [0.4, 0.5) is 0 Å². The molecule has 250 valence electrons. The van der Waals surface area contributed by atoms with Crippen molar-refractivity contribution in [2.45, 2.75) is 25.7 Å². The van der Waals surface area contributed by atoms with E-state index in [1.54, 1.807) is 0 Å². The summed E-state index contributed by atoms with van der Waals surface area (Å²) in [4.78, 5) is 5.10. The summed E-state index contributed by atoms with van der Waals surface area (Å²) in [6, 6.07) is 40.3. The molecular weight excluding hydrogens is 619 g/mol. The van der Waals surface area contributed by atoms with Gasteiger partial charge in [0.1, 0.15) is 23.0 Å². The lowest BCUT2D eigenvalue weighted by molar-refractivity contribution is 0.166. The zero-order valence-electron chi connectivity index (χ0n) is 26.8. The van der Waals surface area contributed by atoms with Gasteiger partial charge in [-0.1, -0.05) is 72.8 Å². The number of para-hydroxylation sites is 4. The van der Waals surface area contributed by atoms with E-state index in [0.717, 1.165) is 87.9 Å². The standard InChI is InChI=1S/C38H48N2O4.2ClH/c1-5-17-35(18-6-1)41-31-13-25-39(26-14-32-42-36-19-7-2-8-20-36)29-30-40(27-15-33-43-37-21-9-3-10-22-37)28-16-34-44-38-23-11-4-12-24-38;;/h1-12,17-24H,13-16,25-34H2;2*1H. The van der Waals surface area contributed by atoms with Crippen LogP contribution in [0.2, 0.25) is 0 Å². The second kappa shape index (κ2) is 24.8. The molecule has 0 amide bonds. The quantitative estimate of drug-likeness (QED) is 0.0741. The number of rotatable bonds is 23. The van der Waals surface area contributed by atoms with Gasteiger partial charge in [-0.15, -0.1) is 24.8 Å². The Morgan fingerprint density at radius 2 is 0.522 bits per heavy atom. The van der Waals surface area contributed by atoms with Crippen LogP contribution in [-0.2, 0) is 0 Å². The Kier molecular flexibility index (Phi) is 20.9. The van der Waals surface area contributed by atoms with Crippen molar-refractivity contribution in [1.29, 1.82) is 0 Å². The van der Waals surface area contributed by atoms with Crippen molar-refractivity contribution in [3.63, 3.8) is 0 Å². The summed E-state index contributed by atoms with van der Waals surface area (Å²) >= 11 is 0. The first-order valence-electron chi connectivity index (χ1n) is 16.0. The van der Waals surface area contributed by atoms with Gasteiger partial charge in [0.05, 0.1) is 26.4 Å². The summed E-state index contributed by atoms with van der Waals surface area (Å²) in [5.74, 6) is 3.71. The normalized spacial score (nSPS) is 10.6. The first-order valence-corrected chi connectivity index (χ1v) is 16.0. The number of benzene rings is 4. The third kappa shape index (κ3) is 16.8. The van der Waals surface area contributed by atoms with Crippen LogP contribution in [0.3, 0.4) is 0 Å². The predicted molar refractivity (Wildman–Crippen MR) is 194 cm³/mol. The molecule has 0 N–H and O–H groups in total. The van der Waals surface area contributed by atoms with E-state index in [-0.39, 0.29) is 24.8 Å². The van der Waals surface area contributed by atoms with Crippen molar-refractivity contribution < 1.29 is 18.9 Å². The van der Waals surface area contributed by atoms with Crippen LogP contribution in [-0.4, -0.2) is 75.5 Å². The summed E-state index contributed by atoms with van der Waals surface area (Å²) in [5.41, 5.74) is 0. The highest BCUT2D eigenvalue weighted by Gasteiger charge is 2.11. The van der Waals surface area contributed by atoms with Crippen LogP contribution in [0.5, 0.6) is 23.0 Å².